The van der Waals surface area contributed by atoms with E-state index in [1.54, 1.807) is 0 Å². The zero-order valence-corrected chi connectivity index (χ0v) is 20.1. The Balaban J connectivity index is 4.26. The van der Waals surface area contributed by atoms with E-state index in [1.165, 1.54) is 0 Å². The van der Waals surface area contributed by atoms with Crippen molar-refractivity contribution in [3.63, 3.8) is 0 Å². The fourth-order valence-electron chi connectivity index (χ4n) is 2.83. The number of hydrogen-bond donors (Lipinski definition) is 2. The number of ether oxygens (including phenoxy) is 1. The standard InChI is InChI=1S/C16H40O5Si3/c1-9-16(13-17,14-18)15-19-11-10-12-23(5,6)21-24(7,8)20-22(2,3)4/h17-18H,9-15H2,1-8H3. The molecule has 5 nitrogen and oxygen atoms in total. The van der Waals surface area contributed by atoms with Gasteiger partial charge in [0.2, 0.25) is 0 Å². The van der Waals surface area contributed by atoms with Crippen LogP contribution in [0.25, 0.3) is 0 Å². The van der Waals surface area contributed by atoms with E-state index in [0.29, 0.717) is 19.6 Å². The number of rotatable bonds is 13. The first-order valence-electron chi connectivity index (χ1n) is 9.00. The van der Waals surface area contributed by atoms with Crippen molar-refractivity contribution in [2.24, 2.45) is 5.41 Å². The van der Waals surface area contributed by atoms with Crippen LogP contribution in [-0.4, -0.2) is 61.8 Å². The first-order valence-corrected chi connectivity index (χ1v) is 18.3. The molecule has 0 aromatic heterocycles. The van der Waals surface area contributed by atoms with E-state index in [4.69, 9.17) is 13.0 Å². The first-order chi connectivity index (χ1) is 10.8. The molecule has 0 heterocycles. The van der Waals surface area contributed by atoms with E-state index in [1.807, 2.05) is 6.92 Å². The van der Waals surface area contributed by atoms with Crippen LogP contribution < -0.4 is 0 Å². The van der Waals surface area contributed by atoms with Gasteiger partial charge < -0.3 is 23.2 Å². The minimum absolute atomic E-state index is 0.0445. The Morgan fingerprint density at radius 2 is 1.42 bits per heavy atom. The van der Waals surface area contributed by atoms with Gasteiger partial charge in [-0.25, -0.2) is 0 Å². The van der Waals surface area contributed by atoms with Crippen LogP contribution >= 0.6 is 0 Å². The maximum absolute atomic E-state index is 9.42. The zero-order chi connectivity index (χ0) is 19.1. The normalized spacial score (nSPS) is 14.2. The van der Waals surface area contributed by atoms with Crippen molar-refractivity contribution in [1.29, 1.82) is 0 Å². The van der Waals surface area contributed by atoms with E-state index in [0.717, 1.165) is 12.5 Å². The van der Waals surface area contributed by atoms with E-state index < -0.39 is 30.6 Å². The molecule has 0 radical (unpaired) electrons. The van der Waals surface area contributed by atoms with E-state index in [9.17, 15) is 10.2 Å². The maximum Gasteiger partial charge on any atom is 0.311 e. The fraction of sp³-hybridized carbons (Fsp3) is 1.00. The minimum Gasteiger partial charge on any atom is -0.437 e. The number of aliphatic hydroxyl groups is 2. The van der Waals surface area contributed by atoms with Crippen LogP contribution in [0, 0.1) is 5.41 Å². The summed E-state index contributed by atoms with van der Waals surface area (Å²) in [5.41, 5.74) is -0.510. The van der Waals surface area contributed by atoms with Crippen molar-refractivity contribution in [2.45, 2.75) is 71.6 Å². The molecule has 2 N–H and O–H groups in total. The topological polar surface area (TPSA) is 68.2 Å². The second-order valence-electron chi connectivity index (χ2n) is 8.80. The number of hydrogen-bond acceptors (Lipinski definition) is 5. The van der Waals surface area contributed by atoms with Gasteiger partial charge in [0.05, 0.1) is 19.8 Å². The molecule has 0 fully saturated rings. The van der Waals surface area contributed by atoms with Gasteiger partial charge in [-0.3, -0.25) is 0 Å². The van der Waals surface area contributed by atoms with Crippen LogP contribution in [0.3, 0.4) is 0 Å². The lowest BCUT2D eigenvalue weighted by Gasteiger charge is -2.37. The molecule has 24 heavy (non-hydrogen) atoms. The average Bonchev–Trinajstić information content (AvgIpc) is 2.39. The molecule has 0 bridgehead atoms. The Labute approximate surface area is 152 Å². The third-order valence-corrected chi connectivity index (χ3v) is 14.1. The highest BCUT2D eigenvalue weighted by Gasteiger charge is 2.37. The molecule has 0 aliphatic carbocycles. The zero-order valence-electron chi connectivity index (χ0n) is 17.1. The van der Waals surface area contributed by atoms with Crippen molar-refractivity contribution >= 4 is 25.2 Å². The van der Waals surface area contributed by atoms with Crippen LogP contribution in [0.4, 0.5) is 0 Å². The number of aliphatic hydroxyl groups excluding tert-OH is 2. The molecule has 0 saturated carbocycles. The van der Waals surface area contributed by atoms with Crippen LogP contribution in [0.5, 0.6) is 0 Å². The second kappa shape index (κ2) is 9.96. The highest BCUT2D eigenvalue weighted by molar-refractivity contribution is 6.87. The quantitative estimate of drug-likeness (QED) is 0.368. The predicted octanol–water partition coefficient (Wildman–Crippen LogP) is 3.55. The highest BCUT2D eigenvalue weighted by atomic mass is 28.5. The van der Waals surface area contributed by atoms with Gasteiger partial charge in [0, 0.05) is 12.0 Å². The van der Waals surface area contributed by atoms with Gasteiger partial charge >= 0.3 is 8.56 Å². The lowest BCUT2D eigenvalue weighted by atomic mass is 9.88. The summed E-state index contributed by atoms with van der Waals surface area (Å²) in [7, 11) is -5.44. The van der Waals surface area contributed by atoms with Gasteiger partial charge in [-0.15, -0.1) is 0 Å². The Bertz CT molecular complexity index is 344. The molecule has 146 valence electrons. The van der Waals surface area contributed by atoms with Gasteiger partial charge in [-0.05, 0) is 64.7 Å². The van der Waals surface area contributed by atoms with Crippen LogP contribution in [0.1, 0.15) is 19.8 Å². The van der Waals surface area contributed by atoms with Crippen molar-refractivity contribution in [3.05, 3.63) is 0 Å². The maximum atomic E-state index is 9.42. The molecular formula is C16H40O5Si3. The lowest BCUT2D eigenvalue weighted by Crippen LogP contribution is -2.51. The van der Waals surface area contributed by atoms with Crippen LogP contribution in [-0.2, 0) is 13.0 Å². The van der Waals surface area contributed by atoms with Crippen molar-refractivity contribution in [2.75, 3.05) is 26.4 Å². The predicted molar refractivity (Wildman–Crippen MR) is 108 cm³/mol. The Morgan fingerprint density at radius 1 is 0.875 bits per heavy atom. The third kappa shape index (κ3) is 10.4. The molecule has 0 aliphatic heterocycles. The summed E-state index contributed by atoms with van der Waals surface area (Å²) in [5.74, 6) is 0. The molecular weight excluding hydrogens is 356 g/mol. The first kappa shape index (κ1) is 24.5. The molecule has 0 spiro atoms. The van der Waals surface area contributed by atoms with Gasteiger partial charge in [0.25, 0.3) is 0 Å². The second-order valence-corrected chi connectivity index (χ2v) is 21.5. The molecule has 8 heteroatoms. The van der Waals surface area contributed by atoms with E-state index >= 15 is 0 Å². The minimum atomic E-state index is -2.07. The summed E-state index contributed by atoms with van der Waals surface area (Å²) < 4.78 is 18.5. The molecule has 0 amide bonds. The molecule has 0 aromatic carbocycles. The summed E-state index contributed by atoms with van der Waals surface area (Å²) in [6.07, 6.45) is 1.64. The van der Waals surface area contributed by atoms with Crippen molar-refractivity contribution in [3.8, 4) is 0 Å². The fourth-order valence-corrected chi connectivity index (χ4v) is 16.0. The Morgan fingerprint density at radius 3 is 1.83 bits per heavy atom. The van der Waals surface area contributed by atoms with Crippen molar-refractivity contribution < 1.29 is 23.2 Å². The summed E-state index contributed by atoms with van der Waals surface area (Å²) in [5, 5.41) is 18.8. The van der Waals surface area contributed by atoms with Crippen molar-refractivity contribution in [1.82, 2.24) is 0 Å². The monoisotopic (exact) mass is 396 g/mol. The van der Waals surface area contributed by atoms with Gasteiger partial charge in [0.1, 0.15) is 0 Å². The SMILES string of the molecule is CCC(CO)(CO)COCCC[Si](C)(C)O[Si](C)(C)O[Si](C)(C)C. The Hall–Kier alpha value is 0.451. The lowest BCUT2D eigenvalue weighted by molar-refractivity contribution is -0.0297. The molecule has 0 rings (SSSR count). The largest absolute Gasteiger partial charge is 0.437 e. The van der Waals surface area contributed by atoms with Gasteiger partial charge in [-0.1, -0.05) is 6.92 Å². The molecule has 0 saturated heterocycles. The third-order valence-electron chi connectivity index (χ3n) is 3.97. The summed E-state index contributed by atoms with van der Waals surface area (Å²) in [6.45, 7) is 18.3. The summed E-state index contributed by atoms with van der Waals surface area (Å²) in [4.78, 5) is 0. The molecule has 0 unspecified atom stereocenters. The molecule has 0 atom stereocenters. The van der Waals surface area contributed by atoms with Gasteiger partial charge in [0.15, 0.2) is 16.6 Å². The highest BCUT2D eigenvalue weighted by Crippen LogP contribution is 2.24. The Kier molecular flexibility index (Phi) is 10.1. The summed E-state index contributed by atoms with van der Waals surface area (Å²) >= 11 is 0. The molecule has 0 aromatic rings. The van der Waals surface area contributed by atoms with E-state index in [-0.39, 0.29) is 13.2 Å². The van der Waals surface area contributed by atoms with Gasteiger partial charge in [-0.2, -0.15) is 0 Å². The smallest absolute Gasteiger partial charge is 0.311 e. The van der Waals surface area contributed by atoms with Crippen LogP contribution in [0.2, 0.25) is 51.9 Å². The van der Waals surface area contributed by atoms with Crippen LogP contribution in [0.15, 0.2) is 0 Å². The average molecular weight is 397 g/mol. The molecule has 0 aliphatic rings. The van der Waals surface area contributed by atoms with E-state index in [2.05, 4.69) is 45.8 Å². The summed E-state index contributed by atoms with van der Waals surface area (Å²) in [6, 6.07) is 1.02.